The van der Waals surface area contributed by atoms with Crippen LogP contribution in [0.5, 0.6) is 0 Å². The molecule has 0 saturated heterocycles. The van der Waals surface area contributed by atoms with Crippen LogP contribution in [0.25, 0.3) is 21.9 Å². The second-order valence-electron chi connectivity index (χ2n) is 6.78. The van der Waals surface area contributed by atoms with Crippen molar-refractivity contribution < 1.29 is 0 Å². The van der Waals surface area contributed by atoms with Gasteiger partial charge in [0.1, 0.15) is 8.07 Å². The summed E-state index contributed by atoms with van der Waals surface area (Å²) in [5.41, 5.74) is 2.86. The molecule has 24 heavy (non-hydrogen) atoms. The molecule has 0 fully saturated rings. The van der Waals surface area contributed by atoms with Crippen LogP contribution in [0.1, 0.15) is 0 Å². The molecule has 1 heteroatoms. The molecule has 1 atom stereocenters. The Bertz CT molecular complexity index is 1070. The molecule has 1 aliphatic heterocycles. The summed E-state index contributed by atoms with van der Waals surface area (Å²) >= 11 is 0. The number of hydrogen-bond acceptors (Lipinski definition) is 0. The van der Waals surface area contributed by atoms with E-state index in [1.54, 1.807) is 10.4 Å². The highest BCUT2D eigenvalue weighted by atomic mass is 28.3. The van der Waals surface area contributed by atoms with Gasteiger partial charge in [0.15, 0.2) is 0 Å². The minimum absolute atomic E-state index is 1.33. The van der Waals surface area contributed by atoms with Crippen molar-refractivity contribution in [2.75, 3.05) is 0 Å². The summed E-state index contributed by atoms with van der Waals surface area (Å²) in [7, 11) is -1.92. The van der Waals surface area contributed by atoms with Crippen molar-refractivity contribution in [2.45, 2.75) is 6.55 Å². The molecule has 1 heterocycles. The van der Waals surface area contributed by atoms with E-state index in [9.17, 15) is 0 Å². The highest BCUT2D eigenvalue weighted by molar-refractivity contribution is 7.13. The predicted molar refractivity (Wildman–Crippen MR) is 106 cm³/mol. The first-order chi connectivity index (χ1) is 11.8. The van der Waals surface area contributed by atoms with E-state index in [2.05, 4.69) is 97.5 Å². The molecule has 0 radical (unpaired) electrons. The van der Waals surface area contributed by atoms with Gasteiger partial charge in [0, 0.05) is 0 Å². The molecule has 1 aliphatic rings. The smallest absolute Gasteiger partial charge is 0.0624 e. The van der Waals surface area contributed by atoms with Gasteiger partial charge in [-0.25, -0.2) is 0 Å². The maximum absolute atomic E-state index is 2.50. The van der Waals surface area contributed by atoms with E-state index in [-0.39, 0.29) is 0 Å². The molecule has 5 rings (SSSR count). The lowest BCUT2D eigenvalue weighted by Crippen LogP contribution is -2.62. The first-order valence-electron chi connectivity index (χ1n) is 8.47. The van der Waals surface area contributed by atoms with Gasteiger partial charge in [0.05, 0.1) is 0 Å². The number of hydrogen-bond donors (Lipinski definition) is 0. The Hall–Kier alpha value is -2.64. The Morgan fingerprint density at radius 1 is 0.542 bits per heavy atom. The van der Waals surface area contributed by atoms with Crippen molar-refractivity contribution in [3.63, 3.8) is 0 Å². The molecule has 0 spiro atoms. The van der Waals surface area contributed by atoms with Crippen LogP contribution in [-0.2, 0) is 0 Å². The first kappa shape index (κ1) is 13.8. The second-order valence-corrected chi connectivity index (χ2v) is 10.7. The molecular weight excluding hydrogens is 304 g/mol. The van der Waals surface area contributed by atoms with Crippen LogP contribution >= 0.6 is 0 Å². The average molecular weight is 322 g/mol. The quantitative estimate of drug-likeness (QED) is 0.466. The van der Waals surface area contributed by atoms with Crippen LogP contribution in [-0.4, -0.2) is 8.07 Å². The molecule has 0 saturated carbocycles. The minimum Gasteiger partial charge on any atom is -0.0624 e. The highest BCUT2D eigenvalue weighted by Gasteiger charge is 2.42. The molecule has 4 aromatic carbocycles. The summed E-state index contributed by atoms with van der Waals surface area (Å²) in [5.74, 6) is 0. The summed E-state index contributed by atoms with van der Waals surface area (Å²) in [6.45, 7) is 2.50. The lowest BCUT2D eigenvalue weighted by molar-refractivity contribution is 1.72. The lowest BCUT2D eigenvalue weighted by Gasteiger charge is -2.25. The maximum Gasteiger partial charge on any atom is 0.147 e. The van der Waals surface area contributed by atoms with Gasteiger partial charge >= 0.3 is 0 Å². The van der Waals surface area contributed by atoms with Gasteiger partial charge in [0.2, 0.25) is 0 Å². The number of benzene rings is 4. The van der Waals surface area contributed by atoms with Crippen molar-refractivity contribution in [3.8, 4) is 11.1 Å². The Morgan fingerprint density at radius 2 is 1.17 bits per heavy atom. The second kappa shape index (κ2) is 4.92. The monoisotopic (exact) mass is 322 g/mol. The van der Waals surface area contributed by atoms with Gasteiger partial charge < -0.3 is 0 Å². The number of fused-ring (bicyclic) bond motifs is 4. The van der Waals surface area contributed by atoms with Gasteiger partial charge in [-0.1, -0.05) is 91.5 Å². The van der Waals surface area contributed by atoms with Crippen LogP contribution in [0.15, 0.2) is 91.0 Å². The molecule has 0 N–H and O–H groups in total. The van der Waals surface area contributed by atoms with Crippen molar-refractivity contribution in [1.29, 1.82) is 0 Å². The van der Waals surface area contributed by atoms with Crippen molar-refractivity contribution in [2.24, 2.45) is 0 Å². The van der Waals surface area contributed by atoms with Gasteiger partial charge in [-0.15, -0.1) is 0 Å². The summed E-state index contributed by atoms with van der Waals surface area (Å²) in [6.07, 6.45) is 0. The van der Waals surface area contributed by atoms with E-state index in [1.807, 2.05) is 0 Å². The Balaban J connectivity index is 1.92. The van der Waals surface area contributed by atoms with E-state index < -0.39 is 8.07 Å². The third-order valence-corrected chi connectivity index (χ3v) is 10.0. The van der Waals surface area contributed by atoms with Crippen molar-refractivity contribution >= 4 is 34.4 Å². The zero-order chi connectivity index (χ0) is 16.1. The zero-order valence-electron chi connectivity index (χ0n) is 13.7. The van der Waals surface area contributed by atoms with Gasteiger partial charge in [-0.05, 0) is 43.5 Å². The summed E-state index contributed by atoms with van der Waals surface area (Å²) in [5, 5.41) is 7.26. The summed E-state index contributed by atoms with van der Waals surface area (Å²) in [6, 6.07) is 33.7. The Labute approximate surface area is 143 Å². The van der Waals surface area contributed by atoms with Crippen LogP contribution < -0.4 is 15.6 Å². The topological polar surface area (TPSA) is 0 Å². The summed E-state index contributed by atoms with van der Waals surface area (Å²) in [4.78, 5) is 0. The largest absolute Gasteiger partial charge is 0.147 e. The molecule has 4 aromatic rings. The molecule has 114 valence electrons. The standard InChI is InChI=1S/C23H18Si/c1-24(19-11-3-2-4-12-19)22-14-8-7-13-20(22)21-15-17-9-5-6-10-18(17)16-23(21)24/h2-16H,1H3. The van der Waals surface area contributed by atoms with Gasteiger partial charge in [0.25, 0.3) is 0 Å². The Kier molecular flexibility index (Phi) is 2.82. The number of rotatable bonds is 1. The molecular formula is C23H18Si. The molecule has 0 aliphatic carbocycles. The molecule has 0 amide bonds. The van der Waals surface area contributed by atoms with Crippen LogP contribution in [0, 0.1) is 0 Å². The average Bonchev–Trinajstić information content (AvgIpc) is 2.91. The molecule has 0 bridgehead atoms. The molecule has 1 unspecified atom stereocenters. The van der Waals surface area contributed by atoms with E-state index >= 15 is 0 Å². The van der Waals surface area contributed by atoms with E-state index in [4.69, 9.17) is 0 Å². The van der Waals surface area contributed by atoms with Crippen LogP contribution in [0.2, 0.25) is 6.55 Å². The first-order valence-corrected chi connectivity index (χ1v) is 11.0. The molecule has 0 nitrogen and oxygen atoms in total. The van der Waals surface area contributed by atoms with E-state index in [0.717, 1.165) is 0 Å². The maximum atomic E-state index is 2.50. The minimum atomic E-state index is -1.92. The normalized spacial score (nSPS) is 18.4. The zero-order valence-corrected chi connectivity index (χ0v) is 14.7. The fraction of sp³-hybridized carbons (Fsp3) is 0.0435. The van der Waals surface area contributed by atoms with E-state index in [1.165, 1.54) is 27.1 Å². The Morgan fingerprint density at radius 3 is 1.96 bits per heavy atom. The lowest BCUT2D eigenvalue weighted by atomic mass is 10.0. The predicted octanol–water partition coefficient (Wildman–Crippen LogP) is 3.92. The van der Waals surface area contributed by atoms with Crippen LogP contribution in [0.3, 0.4) is 0 Å². The SMILES string of the molecule is C[Si]1(c2ccccc2)c2ccccc2-c2cc3ccccc3cc21. The van der Waals surface area contributed by atoms with Crippen molar-refractivity contribution in [1.82, 2.24) is 0 Å². The van der Waals surface area contributed by atoms with Gasteiger partial charge in [-0.3, -0.25) is 0 Å². The molecule has 0 aromatic heterocycles. The van der Waals surface area contributed by atoms with E-state index in [0.29, 0.717) is 0 Å². The third kappa shape index (κ3) is 1.73. The third-order valence-electron chi connectivity index (χ3n) is 5.53. The summed E-state index contributed by atoms with van der Waals surface area (Å²) < 4.78 is 0. The van der Waals surface area contributed by atoms with Gasteiger partial charge in [-0.2, -0.15) is 0 Å². The fourth-order valence-corrected chi connectivity index (χ4v) is 8.41. The fourth-order valence-electron chi connectivity index (χ4n) is 4.26. The van der Waals surface area contributed by atoms with Crippen molar-refractivity contribution in [3.05, 3.63) is 91.0 Å². The highest BCUT2D eigenvalue weighted by Crippen LogP contribution is 2.31. The van der Waals surface area contributed by atoms with Crippen LogP contribution in [0.4, 0.5) is 0 Å².